The molecule has 2 aromatic rings. The Balaban J connectivity index is 1.62. The molecule has 3 rings (SSSR count). The van der Waals surface area contributed by atoms with Crippen molar-refractivity contribution in [2.45, 2.75) is 38.6 Å². The first-order chi connectivity index (χ1) is 12.1. The number of rotatable bonds is 8. The predicted octanol–water partition coefficient (Wildman–Crippen LogP) is 1.46. The predicted molar refractivity (Wildman–Crippen MR) is 93.2 cm³/mol. The Hall–Kier alpha value is -1.96. The third-order valence-corrected chi connectivity index (χ3v) is 4.55. The molecule has 1 aliphatic rings. The van der Waals surface area contributed by atoms with Crippen LogP contribution in [-0.2, 0) is 24.4 Å². The van der Waals surface area contributed by atoms with Crippen molar-refractivity contribution in [3.63, 3.8) is 0 Å². The van der Waals surface area contributed by atoms with E-state index in [1.54, 1.807) is 24.2 Å². The molecule has 0 radical (unpaired) electrons. The monoisotopic (exact) mass is 346 g/mol. The van der Waals surface area contributed by atoms with Gasteiger partial charge in [0.1, 0.15) is 5.75 Å². The number of nitrogens with zero attached hydrogens (tertiary/aromatic N) is 4. The normalized spacial score (nSPS) is 20.9. The van der Waals surface area contributed by atoms with Crippen LogP contribution in [0.25, 0.3) is 0 Å². The minimum absolute atomic E-state index is 0.474. The lowest BCUT2D eigenvalue weighted by Crippen LogP contribution is -2.37. The molecule has 1 aromatic carbocycles. The average Bonchev–Trinajstić information content (AvgIpc) is 3.23. The number of methoxy groups -OCH3 is 1. The molecule has 2 heterocycles. The highest BCUT2D eigenvalue weighted by molar-refractivity contribution is 5.37. The van der Waals surface area contributed by atoms with E-state index in [9.17, 15) is 5.11 Å². The summed E-state index contributed by atoms with van der Waals surface area (Å²) in [5, 5.41) is 18.5. The maximum absolute atomic E-state index is 10.8. The zero-order valence-corrected chi connectivity index (χ0v) is 14.9. The molecule has 25 heavy (non-hydrogen) atoms. The van der Waals surface area contributed by atoms with Gasteiger partial charge in [0, 0.05) is 38.0 Å². The van der Waals surface area contributed by atoms with Crippen LogP contribution in [-0.4, -0.2) is 57.4 Å². The summed E-state index contributed by atoms with van der Waals surface area (Å²) in [6.45, 7) is 5.96. The van der Waals surface area contributed by atoms with Crippen molar-refractivity contribution < 1.29 is 14.6 Å². The molecule has 1 aromatic heterocycles. The number of β-amino-alcohol motifs (C(OH)–C–C–N with tert-alkyl or cyclic N) is 1. The van der Waals surface area contributed by atoms with E-state index in [1.165, 1.54) is 5.56 Å². The molecule has 1 saturated heterocycles. The Morgan fingerprint density at radius 2 is 2.24 bits per heavy atom. The van der Waals surface area contributed by atoms with Crippen molar-refractivity contribution in [3.05, 3.63) is 41.7 Å². The van der Waals surface area contributed by atoms with E-state index in [0.29, 0.717) is 26.3 Å². The van der Waals surface area contributed by atoms with Crippen molar-refractivity contribution in [1.29, 1.82) is 0 Å². The van der Waals surface area contributed by atoms with Gasteiger partial charge >= 0.3 is 0 Å². The second kappa shape index (κ2) is 7.95. The summed E-state index contributed by atoms with van der Waals surface area (Å²) in [5.74, 6) is 0.848. The average molecular weight is 346 g/mol. The zero-order chi connectivity index (χ0) is 17.7. The highest BCUT2D eigenvalue weighted by Gasteiger charge is 2.36. The van der Waals surface area contributed by atoms with Crippen LogP contribution in [0, 0.1) is 0 Å². The molecular weight excluding hydrogens is 320 g/mol. The Morgan fingerprint density at radius 1 is 1.36 bits per heavy atom. The van der Waals surface area contributed by atoms with Crippen LogP contribution < -0.4 is 4.74 Å². The third kappa shape index (κ3) is 4.56. The number of likely N-dealkylation sites (tertiary alicyclic amines) is 1. The Bertz CT molecular complexity index is 677. The first-order valence-electron chi connectivity index (χ1n) is 8.64. The lowest BCUT2D eigenvalue weighted by Gasteiger charge is -2.23. The van der Waals surface area contributed by atoms with Crippen molar-refractivity contribution in [1.82, 2.24) is 19.9 Å². The minimum atomic E-state index is -0.756. The summed E-state index contributed by atoms with van der Waals surface area (Å²) in [4.78, 5) is 2.27. The molecular formula is C18H26N4O3. The Kier molecular flexibility index (Phi) is 5.67. The van der Waals surface area contributed by atoms with E-state index >= 15 is 0 Å². The van der Waals surface area contributed by atoms with Crippen LogP contribution in [0.15, 0.2) is 30.6 Å². The number of aliphatic hydroxyl groups is 1. The van der Waals surface area contributed by atoms with E-state index in [1.807, 2.05) is 13.0 Å². The van der Waals surface area contributed by atoms with E-state index in [2.05, 4.69) is 27.3 Å². The third-order valence-electron chi connectivity index (χ3n) is 4.55. The van der Waals surface area contributed by atoms with Crippen LogP contribution in [0.1, 0.15) is 24.5 Å². The first-order valence-corrected chi connectivity index (χ1v) is 8.64. The van der Waals surface area contributed by atoms with Crippen LogP contribution in [0.2, 0.25) is 0 Å². The number of benzene rings is 1. The summed E-state index contributed by atoms with van der Waals surface area (Å²) in [7, 11) is 1.68. The summed E-state index contributed by atoms with van der Waals surface area (Å²) in [5.41, 5.74) is 1.49. The highest BCUT2D eigenvalue weighted by atomic mass is 16.5. The van der Waals surface area contributed by atoms with Gasteiger partial charge in [-0.05, 0) is 31.0 Å². The van der Waals surface area contributed by atoms with E-state index in [4.69, 9.17) is 9.47 Å². The fourth-order valence-electron chi connectivity index (χ4n) is 3.34. The summed E-state index contributed by atoms with van der Waals surface area (Å²) < 4.78 is 12.6. The fourth-order valence-corrected chi connectivity index (χ4v) is 3.34. The first kappa shape index (κ1) is 17.8. The molecule has 1 fully saturated rings. The number of hydrogen-bond acceptors (Lipinski definition) is 6. The Morgan fingerprint density at radius 3 is 2.96 bits per heavy atom. The maximum Gasteiger partial charge on any atom is 0.124 e. The smallest absolute Gasteiger partial charge is 0.124 e. The van der Waals surface area contributed by atoms with Gasteiger partial charge in [-0.2, -0.15) is 0 Å². The second-order valence-electron chi connectivity index (χ2n) is 6.57. The zero-order valence-electron chi connectivity index (χ0n) is 14.9. The molecule has 1 unspecified atom stereocenters. The number of hydrogen-bond donors (Lipinski definition) is 1. The van der Waals surface area contributed by atoms with Gasteiger partial charge in [-0.15, -0.1) is 5.10 Å². The molecule has 1 atom stereocenters. The topological polar surface area (TPSA) is 72.6 Å². The van der Waals surface area contributed by atoms with Gasteiger partial charge in [-0.3, -0.25) is 4.90 Å². The lowest BCUT2D eigenvalue weighted by atomic mass is 10.0. The molecule has 136 valence electrons. The molecule has 7 heteroatoms. The van der Waals surface area contributed by atoms with Crippen molar-refractivity contribution in [2.24, 2.45) is 0 Å². The summed E-state index contributed by atoms with van der Waals surface area (Å²) in [6.07, 6.45) is 4.15. The standard InChI is InChI=1S/C18H26N4O3/c1-3-25-12-16-10-15(4-5-17(16)24-2)11-21-8-6-18(23,13-21)14-22-9-7-19-20-22/h4-5,7,9-10,23H,3,6,8,11-14H2,1-2H3. The molecule has 1 N–H and O–H groups in total. The van der Waals surface area contributed by atoms with Gasteiger partial charge in [0.25, 0.3) is 0 Å². The van der Waals surface area contributed by atoms with E-state index in [-0.39, 0.29) is 0 Å². The van der Waals surface area contributed by atoms with Crippen molar-refractivity contribution in [3.8, 4) is 5.75 Å². The van der Waals surface area contributed by atoms with Gasteiger partial charge in [-0.25, -0.2) is 4.68 Å². The lowest BCUT2D eigenvalue weighted by molar-refractivity contribution is 0.0274. The second-order valence-corrected chi connectivity index (χ2v) is 6.57. The SMILES string of the molecule is CCOCc1cc(CN2CCC(O)(Cn3ccnn3)C2)ccc1OC. The molecule has 7 nitrogen and oxygen atoms in total. The quantitative estimate of drug-likeness (QED) is 0.780. The molecule has 1 aliphatic heterocycles. The van der Waals surface area contributed by atoms with E-state index < -0.39 is 5.60 Å². The van der Waals surface area contributed by atoms with Crippen LogP contribution >= 0.6 is 0 Å². The molecule has 0 amide bonds. The fraction of sp³-hybridized carbons (Fsp3) is 0.556. The van der Waals surface area contributed by atoms with Gasteiger partial charge in [-0.1, -0.05) is 11.3 Å². The van der Waals surface area contributed by atoms with Crippen LogP contribution in [0.5, 0.6) is 5.75 Å². The molecule has 0 aliphatic carbocycles. The van der Waals surface area contributed by atoms with Crippen molar-refractivity contribution >= 4 is 0 Å². The molecule has 0 bridgehead atoms. The van der Waals surface area contributed by atoms with Crippen molar-refractivity contribution in [2.75, 3.05) is 26.8 Å². The number of ether oxygens (including phenoxy) is 2. The largest absolute Gasteiger partial charge is 0.496 e. The molecule has 0 saturated carbocycles. The van der Waals surface area contributed by atoms with Gasteiger partial charge < -0.3 is 14.6 Å². The maximum atomic E-state index is 10.8. The summed E-state index contributed by atoms with van der Waals surface area (Å²) >= 11 is 0. The highest BCUT2D eigenvalue weighted by Crippen LogP contribution is 2.26. The Labute approximate surface area is 148 Å². The minimum Gasteiger partial charge on any atom is -0.496 e. The molecule has 0 spiro atoms. The van der Waals surface area contributed by atoms with Crippen LogP contribution in [0.4, 0.5) is 0 Å². The summed E-state index contributed by atoms with van der Waals surface area (Å²) in [6, 6.07) is 6.19. The van der Waals surface area contributed by atoms with E-state index in [0.717, 1.165) is 30.8 Å². The van der Waals surface area contributed by atoms with Gasteiger partial charge in [0.05, 0.1) is 32.1 Å². The van der Waals surface area contributed by atoms with Gasteiger partial charge in [0.2, 0.25) is 0 Å². The number of aromatic nitrogens is 3. The van der Waals surface area contributed by atoms with Crippen LogP contribution in [0.3, 0.4) is 0 Å². The van der Waals surface area contributed by atoms with Gasteiger partial charge in [0.15, 0.2) is 0 Å².